The zero-order chi connectivity index (χ0) is 35.0. The van der Waals surface area contributed by atoms with Crippen LogP contribution in [0.3, 0.4) is 0 Å². The molecule has 0 radical (unpaired) electrons. The molecular formula is C44H40O6P2. The van der Waals surface area contributed by atoms with Crippen molar-refractivity contribution in [3.63, 3.8) is 0 Å². The summed E-state index contributed by atoms with van der Waals surface area (Å²) >= 11 is 0. The maximum atomic E-state index is 7.22. The predicted molar refractivity (Wildman–Crippen MR) is 208 cm³/mol. The summed E-state index contributed by atoms with van der Waals surface area (Å²) in [6.45, 7) is 0.608. The zero-order valence-corrected chi connectivity index (χ0v) is 30.3. The number of rotatable bonds is 11. The van der Waals surface area contributed by atoms with Crippen LogP contribution in [0.4, 0.5) is 0 Å². The lowest BCUT2D eigenvalue weighted by Crippen LogP contribution is -2.57. The second-order valence-electron chi connectivity index (χ2n) is 12.6. The minimum absolute atomic E-state index is 0.304. The van der Waals surface area contributed by atoms with E-state index in [0.29, 0.717) is 13.2 Å². The van der Waals surface area contributed by atoms with Crippen LogP contribution < -0.4 is 21.2 Å². The molecule has 0 amide bonds. The van der Waals surface area contributed by atoms with Crippen molar-refractivity contribution in [1.82, 2.24) is 0 Å². The van der Waals surface area contributed by atoms with E-state index in [9.17, 15) is 0 Å². The van der Waals surface area contributed by atoms with E-state index in [4.69, 9.17) is 28.0 Å². The Hall–Kier alpha value is -4.06. The number of ether oxygens (including phenoxy) is 4. The fourth-order valence-corrected chi connectivity index (χ4v) is 10.2. The van der Waals surface area contributed by atoms with Crippen molar-refractivity contribution >= 4 is 37.5 Å². The van der Waals surface area contributed by atoms with Crippen LogP contribution in [0.25, 0.3) is 0 Å². The van der Waals surface area contributed by atoms with Crippen molar-refractivity contribution in [3.05, 3.63) is 193 Å². The second kappa shape index (κ2) is 17.2. The first-order valence-electron chi connectivity index (χ1n) is 17.6. The quantitative estimate of drug-likeness (QED) is 0.126. The molecular weight excluding hydrogens is 686 g/mol. The van der Waals surface area contributed by atoms with Crippen LogP contribution in [0.5, 0.6) is 0 Å². The molecule has 8 heteroatoms. The van der Waals surface area contributed by atoms with E-state index in [0.717, 1.165) is 32.3 Å². The van der Waals surface area contributed by atoms with Gasteiger partial charge < -0.3 is 28.0 Å². The minimum Gasteiger partial charge on any atom is -0.346 e. The van der Waals surface area contributed by atoms with Gasteiger partial charge in [-0.2, -0.15) is 0 Å². The largest absolute Gasteiger partial charge is 0.346 e. The lowest BCUT2D eigenvalue weighted by molar-refractivity contribution is -0.325. The molecule has 6 aromatic rings. The molecule has 2 fully saturated rings. The standard InChI is InChI=1S/C44H40O6P2/c1-7-19-33(20-8-1)43-45-31-39(49-51(35-23-11-3-12-24-35)36-25-13-4-14-26-36)41(47-43)42-40(32-46-44(48-42)34-21-9-2-10-22-34)50-52(37-27-15-5-16-28-37)38-29-17-6-18-30-38/h1-30,39-44H,31-32H2/t39-,40-,41-,42-,43?,44?/m1/s1. The summed E-state index contributed by atoms with van der Waals surface area (Å²) in [5.41, 5.74) is 1.86. The number of hydrogen-bond donors (Lipinski definition) is 0. The van der Waals surface area contributed by atoms with Gasteiger partial charge in [0.15, 0.2) is 12.6 Å². The smallest absolute Gasteiger partial charge is 0.184 e. The van der Waals surface area contributed by atoms with Gasteiger partial charge in [-0.05, 0) is 0 Å². The van der Waals surface area contributed by atoms with Crippen molar-refractivity contribution in [2.75, 3.05) is 13.2 Å². The highest BCUT2D eigenvalue weighted by atomic mass is 31.1. The van der Waals surface area contributed by atoms with Crippen LogP contribution in [-0.4, -0.2) is 37.6 Å². The third-order valence-corrected chi connectivity index (χ3v) is 13.1. The summed E-state index contributed by atoms with van der Waals surface area (Å²) in [6.07, 6.45) is -3.34. The molecule has 0 bridgehead atoms. The lowest BCUT2D eigenvalue weighted by Gasteiger charge is -2.46. The second-order valence-corrected chi connectivity index (χ2v) is 16.2. The molecule has 0 aliphatic carbocycles. The summed E-state index contributed by atoms with van der Waals surface area (Å²) in [6, 6.07) is 61.6. The summed E-state index contributed by atoms with van der Waals surface area (Å²) in [4.78, 5) is 0. The van der Waals surface area contributed by atoms with E-state index >= 15 is 0 Å². The first-order chi connectivity index (χ1) is 25.8. The summed E-state index contributed by atoms with van der Waals surface area (Å²) in [5, 5.41) is 4.42. The molecule has 2 aliphatic rings. The van der Waals surface area contributed by atoms with Crippen LogP contribution in [0.15, 0.2) is 182 Å². The van der Waals surface area contributed by atoms with Gasteiger partial charge in [0.05, 0.1) is 29.5 Å². The molecule has 6 atom stereocenters. The van der Waals surface area contributed by atoms with Crippen LogP contribution >= 0.6 is 16.3 Å². The Morgan fingerprint density at radius 3 is 0.923 bits per heavy atom. The van der Waals surface area contributed by atoms with E-state index in [1.807, 2.05) is 84.9 Å². The van der Waals surface area contributed by atoms with Gasteiger partial charge in [-0.1, -0.05) is 182 Å². The Kier molecular flexibility index (Phi) is 11.6. The van der Waals surface area contributed by atoms with Gasteiger partial charge >= 0.3 is 0 Å². The Morgan fingerprint density at radius 2 is 0.635 bits per heavy atom. The average Bonchev–Trinajstić information content (AvgIpc) is 3.24. The highest BCUT2D eigenvalue weighted by Gasteiger charge is 2.48. The van der Waals surface area contributed by atoms with Gasteiger partial charge in [-0.3, -0.25) is 0 Å². The highest BCUT2D eigenvalue weighted by molar-refractivity contribution is 7.68. The first kappa shape index (κ1) is 35.0. The fourth-order valence-electron chi connectivity index (χ4n) is 6.49. The number of hydrogen-bond acceptors (Lipinski definition) is 6. The van der Waals surface area contributed by atoms with Crippen LogP contribution in [0, 0.1) is 0 Å². The Morgan fingerprint density at radius 1 is 0.365 bits per heavy atom. The Bertz CT molecular complexity index is 1720. The van der Waals surface area contributed by atoms with Gasteiger partial charge in [0, 0.05) is 32.3 Å². The molecule has 2 aliphatic heterocycles. The molecule has 2 unspecified atom stereocenters. The van der Waals surface area contributed by atoms with E-state index in [2.05, 4.69) is 97.1 Å². The molecule has 52 heavy (non-hydrogen) atoms. The van der Waals surface area contributed by atoms with Gasteiger partial charge in [0.2, 0.25) is 0 Å². The normalized spacial score (nSPS) is 23.4. The fraction of sp³-hybridized carbons (Fsp3) is 0.182. The average molecular weight is 727 g/mol. The summed E-state index contributed by atoms with van der Waals surface area (Å²) in [7, 11) is -2.46. The monoisotopic (exact) mass is 726 g/mol. The number of benzene rings is 6. The van der Waals surface area contributed by atoms with Crippen molar-refractivity contribution in [2.45, 2.75) is 37.0 Å². The maximum Gasteiger partial charge on any atom is 0.184 e. The van der Waals surface area contributed by atoms with E-state index < -0.39 is 53.3 Å². The van der Waals surface area contributed by atoms with E-state index in [-0.39, 0.29) is 0 Å². The van der Waals surface area contributed by atoms with Crippen molar-refractivity contribution in [1.29, 1.82) is 0 Å². The van der Waals surface area contributed by atoms with E-state index in [1.165, 1.54) is 0 Å². The summed E-state index contributed by atoms with van der Waals surface area (Å²) in [5.74, 6) is 0. The SMILES string of the molecule is c1ccc(C2OC[C@@H](OP(c3ccccc3)c3ccccc3)[C@H]([C@@H]3OC(c4ccccc4)OC[C@H]3OP(c3ccccc3)c3ccccc3)O2)cc1. The van der Waals surface area contributed by atoms with Gasteiger partial charge in [0.1, 0.15) is 24.4 Å². The minimum atomic E-state index is -1.23. The molecule has 0 saturated carbocycles. The molecule has 2 saturated heterocycles. The Labute approximate surface area is 307 Å². The molecule has 0 N–H and O–H groups in total. The Balaban J connectivity index is 1.19. The molecule has 0 spiro atoms. The molecule has 8 rings (SSSR count). The van der Waals surface area contributed by atoms with Gasteiger partial charge in [-0.15, -0.1) is 0 Å². The maximum absolute atomic E-state index is 7.22. The molecule has 6 aromatic carbocycles. The topological polar surface area (TPSA) is 55.4 Å². The highest BCUT2D eigenvalue weighted by Crippen LogP contribution is 2.45. The zero-order valence-electron chi connectivity index (χ0n) is 28.5. The van der Waals surface area contributed by atoms with Crippen molar-refractivity contribution in [2.24, 2.45) is 0 Å². The van der Waals surface area contributed by atoms with E-state index in [1.54, 1.807) is 0 Å². The third-order valence-electron chi connectivity index (χ3n) is 9.03. The van der Waals surface area contributed by atoms with Crippen molar-refractivity contribution < 1.29 is 28.0 Å². The molecule has 6 nitrogen and oxygen atoms in total. The summed E-state index contributed by atoms with van der Waals surface area (Å²) < 4.78 is 41.4. The molecule has 0 aromatic heterocycles. The van der Waals surface area contributed by atoms with Crippen LogP contribution in [-0.2, 0) is 28.0 Å². The third kappa shape index (κ3) is 8.27. The molecule has 262 valence electrons. The van der Waals surface area contributed by atoms with Gasteiger partial charge in [-0.25, -0.2) is 0 Å². The predicted octanol–water partition coefficient (Wildman–Crippen LogP) is 8.08. The first-order valence-corrected chi connectivity index (χ1v) is 20.1. The van der Waals surface area contributed by atoms with Crippen LogP contribution in [0.2, 0.25) is 0 Å². The lowest BCUT2D eigenvalue weighted by atomic mass is 10.0. The van der Waals surface area contributed by atoms with Crippen LogP contribution in [0.1, 0.15) is 23.7 Å². The van der Waals surface area contributed by atoms with Gasteiger partial charge in [0.25, 0.3) is 0 Å². The molecule has 2 heterocycles. The van der Waals surface area contributed by atoms with Crippen molar-refractivity contribution in [3.8, 4) is 0 Å².